The van der Waals surface area contributed by atoms with Crippen LogP contribution in [-0.2, 0) is 4.79 Å². The van der Waals surface area contributed by atoms with Crippen LogP contribution in [0, 0.1) is 0 Å². The summed E-state index contributed by atoms with van der Waals surface area (Å²) in [6.45, 7) is -0.357. The maximum atomic E-state index is 11.5. The highest BCUT2D eigenvalue weighted by Crippen LogP contribution is 2.17. The first-order valence-electron chi connectivity index (χ1n) is 6.14. The lowest BCUT2D eigenvalue weighted by Gasteiger charge is -2.22. The fraction of sp³-hybridized carbons (Fsp3) is 0.818. The van der Waals surface area contributed by atoms with E-state index >= 15 is 0 Å². The SMILES string of the molecule is O=C(NCC(O)C(=O)O)NC1CCCCCC1O. The number of nitrogens with one attached hydrogen (secondary N) is 2. The molecule has 0 radical (unpaired) electrons. The van der Waals surface area contributed by atoms with Crippen LogP contribution in [0.2, 0.25) is 0 Å². The molecule has 7 nitrogen and oxygen atoms in total. The first-order chi connectivity index (χ1) is 8.50. The van der Waals surface area contributed by atoms with Crippen LogP contribution in [0.4, 0.5) is 4.79 Å². The van der Waals surface area contributed by atoms with Gasteiger partial charge in [0.25, 0.3) is 0 Å². The molecule has 1 aliphatic carbocycles. The van der Waals surface area contributed by atoms with E-state index in [4.69, 9.17) is 10.2 Å². The zero-order chi connectivity index (χ0) is 13.5. The molecule has 0 bridgehead atoms. The summed E-state index contributed by atoms with van der Waals surface area (Å²) in [7, 11) is 0. The van der Waals surface area contributed by atoms with Crippen molar-refractivity contribution in [2.75, 3.05) is 6.54 Å². The predicted molar refractivity (Wildman–Crippen MR) is 63.1 cm³/mol. The van der Waals surface area contributed by atoms with Crippen LogP contribution in [0.25, 0.3) is 0 Å². The summed E-state index contributed by atoms with van der Waals surface area (Å²) in [6.07, 6.45) is 2.10. The van der Waals surface area contributed by atoms with Gasteiger partial charge in [0.15, 0.2) is 6.10 Å². The quantitative estimate of drug-likeness (QED) is 0.433. The topological polar surface area (TPSA) is 119 Å². The Bertz CT molecular complexity index is 297. The maximum absolute atomic E-state index is 11.5. The van der Waals surface area contributed by atoms with E-state index < -0.39 is 24.2 Å². The second-order valence-electron chi connectivity index (χ2n) is 4.52. The number of hydrogen-bond acceptors (Lipinski definition) is 4. The monoisotopic (exact) mass is 260 g/mol. The van der Waals surface area contributed by atoms with Gasteiger partial charge in [-0.25, -0.2) is 9.59 Å². The number of amides is 2. The van der Waals surface area contributed by atoms with E-state index in [0.29, 0.717) is 12.8 Å². The Morgan fingerprint density at radius 3 is 2.56 bits per heavy atom. The fourth-order valence-corrected chi connectivity index (χ4v) is 1.95. The van der Waals surface area contributed by atoms with Gasteiger partial charge in [0.05, 0.1) is 18.7 Å². The van der Waals surface area contributed by atoms with Crippen molar-refractivity contribution in [1.29, 1.82) is 0 Å². The zero-order valence-electron chi connectivity index (χ0n) is 10.1. The van der Waals surface area contributed by atoms with Gasteiger partial charge in [0.1, 0.15) is 0 Å². The Balaban J connectivity index is 2.32. The Kier molecular flexibility index (Phi) is 5.87. The van der Waals surface area contributed by atoms with Crippen LogP contribution >= 0.6 is 0 Å². The molecule has 0 saturated heterocycles. The molecule has 2 amide bonds. The fourth-order valence-electron chi connectivity index (χ4n) is 1.95. The first-order valence-corrected chi connectivity index (χ1v) is 6.14. The number of carbonyl (C=O) groups excluding carboxylic acids is 1. The third-order valence-electron chi connectivity index (χ3n) is 3.04. The molecule has 5 N–H and O–H groups in total. The van der Waals surface area contributed by atoms with Crippen molar-refractivity contribution in [2.24, 2.45) is 0 Å². The van der Waals surface area contributed by atoms with E-state index in [2.05, 4.69) is 10.6 Å². The van der Waals surface area contributed by atoms with Crippen LogP contribution in [-0.4, -0.2) is 52.1 Å². The summed E-state index contributed by atoms with van der Waals surface area (Å²) >= 11 is 0. The molecule has 0 heterocycles. The Morgan fingerprint density at radius 2 is 1.89 bits per heavy atom. The molecule has 1 saturated carbocycles. The van der Waals surface area contributed by atoms with Crippen LogP contribution < -0.4 is 10.6 Å². The van der Waals surface area contributed by atoms with Gasteiger partial charge in [-0.3, -0.25) is 0 Å². The summed E-state index contributed by atoms with van der Waals surface area (Å²) in [5.41, 5.74) is 0. The Morgan fingerprint density at radius 1 is 1.22 bits per heavy atom. The summed E-state index contributed by atoms with van der Waals surface area (Å²) in [6, 6.07) is -0.879. The van der Waals surface area contributed by atoms with E-state index in [1.807, 2.05) is 0 Å². The number of aliphatic hydroxyl groups excluding tert-OH is 2. The summed E-state index contributed by atoms with van der Waals surface area (Å²) in [4.78, 5) is 21.8. The van der Waals surface area contributed by atoms with E-state index in [1.54, 1.807) is 0 Å². The highest BCUT2D eigenvalue weighted by molar-refractivity contribution is 5.76. The van der Waals surface area contributed by atoms with Crippen molar-refractivity contribution in [3.8, 4) is 0 Å². The summed E-state index contributed by atoms with van der Waals surface area (Å²) in [5.74, 6) is -1.38. The van der Waals surface area contributed by atoms with Crippen LogP contribution in [0.15, 0.2) is 0 Å². The molecule has 3 unspecified atom stereocenters. The van der Waals surface area contributed by atoms with Crippen molar-refractivity contribution < 1.29 is 24.9 Å². The normalized spacial score (nSPS) is 25.9. The van der Waals surface area contributed by atoms with Gasteiger partial charge < -0.3 is 26.0 Å². The largest absolute Gasteiger partial charge is 0.479 e. The second-order valence-corrected chi connectivity index (χ2v) is 4.52. The van der Waals surface area contributed by atoms with Crippen molar-refractivity contribution in [3.63, 3.8) is 0 Å². The van der Waals surface area contributed by atoms with Crippen LogP contribution in [0.5, 0.6) is 0 Å². The minimum atomic E-state index is -1.62. The molecule has 1 fully saturated rings. The number of hydrogen-bond donors (Lipinski definition) is 5. The van der Waals surface area contributed by atoms with Gasteiger partial charge in [0.2, 0.25) is 0 Å². The molecule has 18 heavy (non-hydrogen) atoms. The van der Waals surface area contributed by atoms with E-state index in [1.165, 1.54) is 0 Å². The van der Waals surface area contributed by atoms with Crippen LogP contribution in [0.3, 0.4) is 0 Å². The minimum Gasteiger partial charge on any atom is -0.479 e. The second kappa shape index (κ2) is 7.17. The Labute approximate surface area is 105 Å². The average molecular weight is 260 g/mol. The third kappa shape index (κ3) is 4.89. The molecule has 0 aromatic rings. The molecule has 3 atom stereocenters. The van der Waals surface area contributed by atoms with Gasteiger partial charge in [-0.15, -0.1) is 0 Å². The molecule has 104 valence electrons. The first kappa shape index (κ1) is 14.7. The average Bonchev–Trinajstić information content (AvgIpc) is 2.52. The predicted octanol–water partition coefficient (Wildman–Crippen LogP) is -0.575. The van der Waals surface area contributed by atoms with Gasteiger partial charge in [0, 0.05) is 0 Å². The number of carboxylic acids is 1. The smallest absolute Gasteiger partial charge is 0.334 e. The number of aliphatic hydroxyl groups is 2. The summed E-state index contributed by atoms with van der Waals surface area (Å²) in [5, 5.41) is 32.1. The number of urea groups is 1. The number of carboxylic acid groups (broad SMARTS) is 1. The molecule has 1 rings (SSSR count). The maximum Gasteiger partial charge on any atom is 0.334 e. The highest BCUT2D eigenvalue weighted by Gasteiger charge is 2.23. The number of aliphatic carboxylic acids is 1. The molecule has 1 aliphatic rings. The third-order valence-corrected chi connectivity index (χ3v) is 3.04. The lowest BCUT2D eigenvalue weighted by molar-refractivity contribution is -0.146. The standard InChI is InChI=1S/C11H20N2O5/c14-8-5-3-1-2-4-7(8)13-11(18)12-6-9(15)10(16)17/h7-9,14-15H,1-6H2,(H,16,17)(H2,12,13,18). The van der Waals surface area contributed by atoms with Crippen molar-refractivity contribution >= 4 is 12.0 Å². The molecule has 0 aromatic heterocycles. The van der Waals surface area contributed by atoms with Gasteiger partial charge >= 0.3 is 12.0 Å². The molecular formula is C11H20N2O5. The number of carbonyl (C=O) groups is 2. The molecule has 7 heteroatoms. The van der Waals surface area contributed by atoms with E-state index in [9.17, 15) is 14.7 Å². The lowest BCUT2D eigenvalue weighted by atomic mass is 10.1. The molecule has 0 aliphatic heterocycles. The van der Waals surface area contributed by atoms with Gasteiger partial charge in [-0.05, 0) is 12.8 Å². The van der Waals surface area contributed by atoms with Crippen LogP contribution in [0.1, 0.15) is 32.1 Å². The van der Waals surface area contributed by atoms with Crippen molar-refractivity contribution in [3.05, 3.63) is 0 Å². The lowest BCUT2D eigenvalue weighted by Crippen LogP contribution is -2.49. The summed E-state index contributed by atoms with van der Waals surface area (Å²) < 4.78 is 0. The molecule has 0 spiro atoms. The van der Waals surface area contributed by atoms with Crippen molar-refractivity contribution in [2.45, 2.75) is 50.4 Å². The molecule has 0 aromatic carbocycles. The molecular weight excluding hydrogens is 240 g/mol. The Hall–Kier alpha value is -1.34. The van der Waals surface area contributed by atoms with E-state index in [-0.39, 0.29) is 12.6 Å². The zero-order valence-corrected chi connectivity index (χ0v) is 10.1. The minimum absolute atomic E-state index is 0.311. The van der Waals surface area contributed by atoms with E-state index in [0.717, 1.165) is 19.3 Å². The van der Waals surface area contributed by atoms with Crippen molar-refractivity contribution in [1.82, 2.24) is 10.6 Å². The van der Waals surface area contributed by atoms with Gasteiger partial charge in [-0.2, -0.15) is 0 Å². The van der Waals surface area contributed by atoms with Gasteiger partial charge in [-0.1, -0.05) is 19.3 Å². The number of rotatable bonds is 4. The highest BCUT2D eigenvalue weighted by atomic mass is 16.4.